The smallest absolute Gasteiger partial charge is 0.407 e. The van der Waals surface area contributed by atoms with E-state index in [1.165, 1.54) is 0 Å². The molecule has 1 aliphatic rings. The van der Waals surface area contributed by atoms with Gasteiger partial charge in [0.15, 0.2) is 6.29 Å². The number of rotatable bonds is 17. The zero-order valence-corrected chi connectivity index (χ0v) is 26.8. The third kappa shape index (κ3) is 11.9. The number of ether oxygens (including phenoxy) is 7. The van der Waals surface area contributed by atoms with Gasteiger partial charge in [0.05, 0.1) is 26.4 Å². The van der Waals surface area contributed by atoms with Crippen LogP contribution in [-0.2, 0) is 53.0 Å². The molecule has 0 spiro atoms. The maximum Gasteiger partial charge on any atom is 0.407 e. The lowest BCUT2D eigenvalue weighted by Crippen LogP contribution is -2.45. The average Bonchev–Trinajstić information content (AvgIpc) is 3.39. The molecule has 0 aromatic heterocycles. The van der Waals surface area contributed by atoms with Crippen molar-refractivity contribution in [1.82, 2.24) is 5.32 Å². The van der Waals surface area contributed by atoms with E-state index in [4.69, 9.17) is 33.2 Å². The van der Waals surface area contributed by atoms with Gasteiger partial charge in [0.2, 0.25) is 0 Å². The van der Waals surface area contributed by atoms with Crippen molar-refractivity contribution in [3.05, 3.63) is 108 Å². The first-order valence-corrected chi connectivity index (χ1v) is 15.5. The van der Waals surface area contributed by atoms with Crippen LogP contribution in [0.5, 0.6) is 0 Å². The number of alkyl carbamates (subject to hydrolysis) is 1. The van der Waals surface area contributed by atoms with Gasteiger partial charge in [-0.3, -0.25) is 0 Å². The highest BCUT2D eigenvalue weighted by Crippen LogP contribution is 2.32. The topological polar surface area (TPSA) is 93.7 Å². The summed E-state index contributed by atoms with van der Waals surface area (Å²) < 4.78 is 43.1. The van der Waals surface area contributed by atoms with E-state index in [0.29, 0.717) is 39.4 Å². The van der Waals surface area contributed by atoms with Crippen LogP contribution in [-0.4, -0.2) is 69.3 Å². The highest BCUT2D eigenvalue weighted by Gasteiger charge is 2.50. The number of carbonyl (C=O) groups is 1. The lowest BCUT2D eigenvalue weighted by molar-refractivity contribution is -0.185. The summed E-state index contributed by atoms with van der Waals surface area (Å²) in [6.45, 7) is 7.69. The molecular formula is C36H47NO8. The van der Waals surface area contributed by atoms with Crippen LogP contribution in [0, 0.1) is 0 Å². The van der Waals surface area contributed by atoms with E-state index in [-0.39, 0.29) is 6.61 Å². The minimum atomic E-state index is -0.688. The van der Waals surface area contributed by atoms with Crippen LogP contribution >= 0.6 is 0 Å². The number of methoxy groups -OCH3 is 1. The Morgan fingerprint density at radius 2 is 1.38 bits per heavy atom. The molecule has 0 aliphatic carbocycles. The van der Waals surface area contributed by atoms with Crippen molar-refractivity contribution in [2.24, 2.45) is 0 Å². The van der Waals surface area contributed by atoms with Crippen LogP contribution in [0.15, 0.2) is 91.0 Å². The fraction of sp³-hybridized carbons (Fsp3) is 0.472. The van der Waals surface area contributed by atoms with Gasteiger partial charge >= 0.3 is 6.09 Å². The van der Waals surface area contributed by atoms with Gasteiger partial charge < -0.3 is 38.5 Å². The Kier molecular flexibility index (Phi) is 13.8. The molecule has 5 atom stereocenters. The normalized spacial score (nSPS) is 20.5. The van der Waals surface area contributed by atoms with Crippen LogP contribution in [0.4, 0.5) is 4.79 Å². The van der Waals surface area contributed by atoms with Gasteiger partial charge in [0.25, 0.3) is 0 Å². The van der Waals surface area contributed by atoms with Crippen LogP contribution in [0.25, 0.3) is 0 Å². The Morgan fingerprint density at radius 1 is 0.800 bits per heavy atom. The molecule has 1 saturated heterocycles. The predicted octanol–water partition coefficient (Wildman–Crippen LogP) is 6.05. The fourth-order valence-electron chi connectivity index (χ4n) is 4.95. The molecule has 1 N–H and O–H groups in total. The molecular weight excluding hydrogens is 574 g/mol. The van der Waals surface area contributed by atoms with Crippen molar-refractivity contribution >= 4 is 6.09 Å². The molecule has 1 fully saturated rings. The Morgan fingerprint density at radius 3 is 1.96 bits per heavy atom. The summed E-state index contributed by atoms with van der Waals surface area (Å²) in [4.78, 5) is 12.0. The van der Waals surface area contributed by atoms with E-state index >= 15 is 0 Å². The summed E-state index contributed by atoms with van der Waals surface area (Å²) in [6.07, 6.45) is -2.66. The molecule has 1 unspecified atom stereocenters. The number of nitrogens with one attached hydrogen (secondary N) is 1. The molecule has 9 nitrogen and oxygen atoms in total. The van der Waals surface area contributed by atoms with Crippen molar-refractivity contribution in [1.29, 1.82) is 0 Å². The number of carbonyl (C=O) groups excluding carboxylic acids is 1. The molecule has 45 heavy (non-hydrogen) atoms. The van der Waals surface area contributed by atoms with Gasteiger partial charge in [-0.2, -0.15) is 0 Å². The fourth-order valence-corrected chi connectivity index (χ4v) is 4.95. The Balaban J connectivity index is 1.46. The molecule has 1 aliphatic heterocycles. The lowest BCUT2D eigenvalue weighted by atomic mass is 10.0. The van der Waals surface area contributed by atoms with Gasteiger partial charge in [-0.1, -0.05) is 91.0 Å². The monoisotopic (exact) mass is 621 g/mol. The molecule has 3 aromatic rings. The third-order valence-corrected chi connectivity index (χ3v) is 7.09. The molecule has 0 saturated carbocycles. The summed E-state index contributed by atoms with van der Waals surface area (Å²) in [5, 5.41) is 2.77. The molecule has 0 radical (unpaired) electrons. The molecule has 1 heterocycles. The number of amides is 1. The Labute approximate surface area is 267 Å². The minimum absolute atomic E-state index is 0.278. The standard InChI is InChI=1S/C36H47NO8/c1-36(2,3)45-35(38)37-21-14-22-41-33-32(43-25-29-19-12-7-13-20-29)31(44-34(33)39-4)30(42-24-28-17-10-6-11-18-28)26-40-23-27-15-8-5-9-16-27/h5-13,15-20,30-34H,14,21-26H2,1-4H3,(H,37,38)/t30-,31-,32+,33-,34?/m1/s1. The van der Waals surface area contributed by atoms with Gasteiger partial charge in [0, 0.05) is 20.3 Å². The maximum atomic E-state index is 12.0. The van der Waals surface area contributed by atoms with Crippen molar-refractivity contribution in [2.75, 3.05) is 26.9 Å². The summed E-state index contributed by atoms with van der Waals surface area (Å²) >= 11 is 0. The van der Waals surface area contributed by atoms with Crippen LogP contribution in [0.2, 0.25) is 0 Å². The van der Waals surface area contributed by atoms with Crippen LogP contribution in [0.3, 0.4) is 0 Å². The van der Waals surface area contributed by atoms with Crippen molar-refractivity contribution in [3.63, 3.8) is 0 Å². The van der Waals surface area contributed by atoms with Gasteiger partial charge in [-0.15, -0.1) is 0 Å². The van der Waals surface area contributed by atoms with E-state index in [1.807, 2.05) is 112 Å². The molecule has 9 heteroatoms. The second-order valence-corrected chi connectivity index (χ2v) is 11.9. The SMILES string of the molecule is COC1O[C@H]([C@@H](COCc2ccccc2)OCc2ccccc2)[C@H](OCc2ccccc2)[C@H]1OCCCNC(=O)OC(C)(C)C. The first-order chi connectivity index (χ1) is 21.8. The predicted molar refractivity (Wildman–Crippen MR) is 170 cm³/mol. The zero-order valence-electron chi connectivity index (χ0n) is 26.8. The van der Waals surface area contributed by atoms with Crippen molar-refractivity contribution < 1.29 is 38.0 Å². The number of hydrogen-bond donors (Lipinski definition) is 1. The summed E-state index contributed by atoms with van der Waals surface area (Å²) in [5.74, 6) is 0. The highest BCUT2D eigenvalue weighted by atomic mass is 16.7. The summed E-state index contributed by atoms with van der Waals surface area (Å²) in [7, 11) is 1.59. The van der Waals surface area contributed by atoms with E-state index in [9.17, 15) is 4.79 Å². The second kappa shape index (κ2) is 18.0. The molecule has 3 aromatic carbocycles. The molecule has 1 amide bonds. The first-order valence-electron chi connectivity index (χ1n) is 15.5. The van der Waals surface area contributed by atoms with Gasteiger partial charge in [0.1, 0.15) is 30.0 Å². The highest BCUT2D eigenvalue weighted by molar-refractivity contribution is 5.67. The molecule has 0 bridgehead atoms. The number of benzene rings is 3. The minimum Gasteiger partial charge on any atom is -0.444 e. The lowest BCUT2D eigenvalue weighted by Gasteiger charge is -2.29. The quantitative estimate of drug-likeness (QED) is 0.182. The van der Waals surface area contributed by atoms with E-state index in [0.717, 1.165) is 16.7 Å². The van der Waals surface area contributed by atoms with E-state index in [2.05, 4.69) is 5.32 Å². The molecule has 4 rings (SSSR count). The largest absolute Gasteiger partial charge is 0.444 e. The van der Waals surface area contributed by atoms with E-state index < -0.39 is 42.4 Å². The van der Waals surface area contributed by atoms with Crippen molar-refractivity contribution in [3.8, 4) is 0 Å². The summed E-state index contributed by atoms with van der Waals surface area (Å²) in [5.41, 5.74) is 2.58. The van der Waals surface area contributed by atoms with Crippen LogP contribution in [0.1, 0.15) is 43.9 Å². The molecule has 244 valence electrons. The van der Waals surface area contributed by atoms with Crippen molar-refractivity contribution in [2.45, 2.75) is 83.3 Å². The van der Waals surface area contributed by atoms with E-state index in [1.54, 1.807) is 7.11 Å². The zero-order chi connectivity index (χ0) is 31.9. The van der Waals surface area contributed by atoms with Crippen LogP contribution < -0.4 is 5.32 Å². The first kappa shape index (κ1) is 34.6. The second-order valence-electron chi connectivity index (χ2n) is 11.9. The Bertz CT molecular complexity index is 1240. The Hall–Kier alpha value is -3.31. The van der Waals surface area contributed by atoms with Gasteiger partial charge in [-0.25, -0.2) is 4.79 Å². The average molecular weight is 622 g/mol. The number of hydrogen-bond acceptors (Lipinski definition) is 8. The third-order valence-electron chi connectivity index (χ3n) is 7.09. The maximum absolute atomic E-state index is 12.0. The van der Waals surface area contributed by atoms with Gasteiger partial charge in [-0.05, 0) is 43.9 Å². The summed E-state index contributed by atoms with van der Waals surface area (Å²) in [6, 6.07) is 30.0.